The largest absolute Gasteiger partial charge is 0.496 e. The molecule has 1 radical (unpaired) electrons. The Morgan fingerprint density at radius 3 is 2.27 bits per heavy atom. The van der Waals surface area contributed by atoms with Crippen LogP contribution in [0.15, 0.2) is 60.7 Å². The van der Waals surface area contributed by atoms with Crippen LogP contribution in [0, 0.1) is 18.2 Å². The topological polar surface area (TPSA) is 27.7 Å². The molecular formula is C29H34FO3. The van der Waals surface area contributed by atoms with E-state index in [0.717, 1.165) is 28.0 Å². The fraction of sp³-hybridized carbons (Fsp3) is 0.345. The Hall–Kier alpha value is -2.85. The van der Waals surface area contributed by atoms with Gasteiger partial charge in [-0.25, -0.2) is 4.39 Å². The third kappa shape index (κ3) is 5.75. The number of benzene rings is 3. The lowest BCUT2D eigenvalue weighted by atomic mass is 9.81. The third-order valence-corrected chi connectivity index (χ3v) is 5.74. The highest BCUT2D eigenvalue weighted by Crippen LogP contribution is 2.43. The van der Waals surface area contributed by atoms with Gasteiger partial charge in [0.05, 0.1) is 13.2 Å². The molecule has 33 heavy (non-hydrogen) atoms. The summed E-state index contributed by atoms with van der Waals surface area (Å²) in [5.74, 6) is 1.29. The summed E-state index contributed by atoms with van der Waals surface area (Å²) in [4.78, 5) is 0. The van der Waals surface area contributed by atoms with Crippen LogP contribution in [0.5, 0.6) is 11.5 Å². The highest BCUT2D eigenvalue weighted by molar-refractivity contribution is 5.71. The van der Waals surface area contributed by atoms with Gasteiger partial charge in [-0.3, -0.25) is 0 Å². The fourth-order valence-corrected chi connectivity index (χ4v) is 4.10. The average Bonchev–Trinajstić information content (AvgIpc) is 2.78. The first-order chi connectivity index (χ1) is 15.7. The van der Waals surface area contributed by atoms with Crippen LogP contribution in [0.4, 0.5) is 4.39 Å². The lowest BCUT2D eigenvalue weighted by molar-refractivity contribution is 0.0155. The maximum atomic E-state index is 14.8. The minimum absolute atomic E-state index is 0.170. The molecule has 0 bridgehead atoms. The summed E-state index contributed by atoms with van der Waals surface area (Å²) in [5, 5.41) is 0. The molecule has 0 fully saturated rings. The highest BCUT2D eigenvalue weighted by atomic mass is 19.1. The molecule has 3 aromatic carbocycles. The molecule has 0 spiro atoms. The van der Waals surface area contributed by atoms with E-state index < -0.39 is 0 Å². The monoisotopic (exact) mass is 449 g/mol. The van der Waals surface area contributed by atoms with Crippen LogP contribution in [0.25, 0.3) is 11.1 Å². The SMILES string of the molecule is [CH2][C@@H](C)c1cccc(OCc2cc([C@@H](OC)C(C)(C)C)c(-c3ccccc3F)cc2OC)c1. The highest BCUT2D eigenvalue weighted by Gasteiger charge is 2.30. The smallest absolute Gasteiger partial charge is 0.131 e. The van der Waals surface area contributed by atoms with Crippen LogP contribution < -0.4 is 9.47 Å². The Bertz CT molecular complexity index is 1080. The zero-order valence-electron chi connectivity index (χ0n) is 20.4. The molecule has 0 aliphatic rings. The molecule has 0 aliphatic heterocycles. The van der Waals surface area contributed by atoms with Crippen molar-refractivity contribution in [3.05, 3.63) is 90.1 Å². The predicted molar refractivity (Wildman–Crippen MR) is 132 cm³/mol. The maximum absolute atomic E-state index is 14.8. The minimum Gasteiger partial charge on any atom is -0.496 e. The van der Waals surface area contributed by atoms with Gasteiger partial charge in [0.15, 0.2) is 0 Å². The van der Waals surface area contributed by atoms with E-state index in [4.69, 9.17) is 14.2 Å². The first-order valence-electron chi connectivity index (χ1n) is 11.2. The van der Waals surface area contributed by atoms with Gasteiger partial charge in [-0.05, 0) is 65.3 Å². The van der Waals surface area contributed by atoms with Gasteiger partial charge in [0.2, 0.25) is 0 Å². The predicted octanol–water partition coefficient (Wildman–Crippen LogP) is 7.75. The molecule has 3 rings (SSSR count). The van der Waals surface area contributed by atoms with Crippen molar-refractivity contribution in [1.82, 2.24) is 0 Å². The second-order valence-corrected chi connectivity index (χ2v) is 9.48. The Morgan fingerprint density at radius 2 is 1.67 bits per heavy atom. The maximum Gasteiger partial charge on any atom is 0.131 e. The molecule has 0 saturated carbocycles. The lowest BCUT2D eigenvalue weighted by Crippen LogP contribution is -2.21. The molecule has 3 nitrogen and oxygen atoms in total. The number of hydrogen-bond acceptors (Lipinski definition) is 3. The van der Waals surface area contributed by atoms with Gasteiger partial charge in [0.25, 0.3) is 0 Å². The van der Waals surface area contributed by atoms with Crippen LogP contribution >= 0.6 is 0 Å². The molecule has 3 aromatic rings. The molecule has 175 valence electrons. The number of hydrogen-bond donors (Lipinski definition) is 0. The van der Waals surface area contributed by atoms with E-state index in [0.29, 0.717) is 17.9 Å². The van der Waals surface area contributed by atoms with E-state index in [1.165, 1.54) is 6.07 Å². The van der Waals surface area contributed by atoms with E-state index in [-0.39, 0.29) is 23.3 Å². The summed E-state index contributed by atoms with van der Waals surface area (Å²) in [6, 6.07) is 18.6. The number of halogens is 1. The van der Waals surface area contributed by atoms with E-state index >= 15 is 0 Å². The van der Waals surface area contributed by atoms with Crippen molar-refractivity contribution in [1.29, 1.82) is 0 Å². The van der Waals surface area contributed by atoms with Crippen LogP contribution in [0.3, 0.4) is 0 Å². The lowest BCUT2D eigenvalue weighted by Gasteiger charge is -2.32. The van der Waals surface area contributed by atoms with Gasteiger partial charge in [0, 0.05) is 18.2 Å². The molecule has 0 saturated heterocycles. The molecule has 0 unspecified atom stereocenters. The zero-order chi connectivity index (χ0) is 24.2. The molecule has 4 heteroatoms. The fourth-order valence-electron chi connectivity index (χ4n) is 4.10. The minimum atomic E-state index is -0.285. The van der Waals surface area contributed by atoms with Crippen LogP contribution in [-0.2, 0) is 11.3 Å². The summed E-state index contributed by atoms with van der Waals surface area (Å²) in [6.07, 6.45) is -0.257. The summed E-state index contributed by atoms with van der Waals surface area (Å²) < 4.78 is 32.6. The van der Waals surface area contributed by atoms with E-state index in [9.17, 15) is 4.39 Å². The van der Waals surface area contributed by atoms with Gasteiger partial charge in [-0.2, -0.15) is 0 Å². The van der Waals surface area contributed by atoms with Crippen LogP contribution in [-0.4, -0.2) is 14.2 Å². The number of ether oxygens (including phenoxy) is 3. The molecule has 0 heterocycles. The first kappa shape index (κ1) is 24.8. The van der Waals surface area contributed by atoms with Crippen LogP contribution in [0.1, 0.15) is 56.4 Å². The molecular weight excluding hydrogens is 415 g/mol. The van der Waals surface area contributed by atoms with Gasteiger partial charge in [0.1, 0.15) is 23.9 Å². The Labute approximate surface area is 197 Å². The molecule has 0 N–H and O–H groups in total. The van der Waals surface area contributed by atoms with Crippen molar-refractivity contribution >= 4 is 0 Å². The standard InChI is InChI=1S/C29H34FO3/c1-19(2)20-11-10-12-22(15-20)33-18-21-16-25(28(32-7)29(3,4)5)24(17-27(21)31-6)23-13-8-9-14-26(23)30/h8-17,19,28H,1,18H2,2-7H3/t19-,28+/m0/s1. The Morgan fingerprint density at radius 1 is 0.939 bits per heavy atom. The summed E-state index contributed by atoms with van der Waals surface area (Å²) in [5.41, 5.74) is 3.94. The van der Waals surface area contributed by atoms with Crippen molar-refractivity contribution in [3.8, 4) is 22.6 Å². The number of rotatable bonds is 8. The van der Waals surface area contributed by atoms with Crippen molar-refractivity contribution < 1.29 is 18.6 Å². The van der Waals surface area contributed by atoms with E-state index in [1.807, 2.05) is 49.4 Å². The Balaban J connectivity index is 2.09. The molecule has 0 aromatic heterocycles. The molecule has 0 amide bonds. The van der Waals surface area contributed by atoms with E-state index in [2.05, 4.69) is 27.7 Å². The third-order valence-electron chi connectivity index (χ3n) is 5.74. The second-order valence-electron chi connectivity index (χ2n) is 9.48. The molecule has 0 aliphatic carbocycles. The van der Waals surface area contributed by atoms with Crippen molar-refractivity contribution in [3.63, 3.8) is 0 Å². The summed E-state index contributed by atoms with van der Waals surface area (Å²) in [6.45, 7) is 12.8. The summed E-state index contributed by atoms with van der Waals surface area (Å²) >= 11 is 0. The number of methoxy groups -OCH3 is 2. The van der Waals surface area contributed by atoms with Gasteiger partial charge >= 0.3 is 0 Å². The summed E-state index contributed by atoms with van der Waals surface area (Å²) in [7, 11) is 3.30. The van der Waals surface area contributed by atoms with Crippen LogP contribution in [0.2, 0.25) is 0 Å². The first-order valence-corrected chi connectivity index (χ1v) is 11.2. The van der Waals surface area contributed by atoms with Crippen molar-refractivity contribution in [2.75, 3.05) is 14.2 Å². The van der Waals surface area contributed by atoms with Gasteiger partial charge in [-0.15, -0.1) is 0 Å². The second kappa shape index (κ2) is 10.4. The van der Waals surface area contributed by atoms with Gasteiger partial charge in [-0.1, -0.05) is 58.0 Å². The van der Waals surface area contributed by atoms with E-state index in [1.54, 1.807) is 26.4 Å². The molecule has 2 atom stereocenters. The van der Waals surface area contributed by atoms with Crippen molar-refractivity contribution in [2.24, 2.45) is 5.41 Å². The average molecular weight is 450 g/mol. The quantitative estimate of drug-likeness (QED) is 0.352. The van der Waals surface area contributed by atoms with Gasteiger partial charge < -0.3 is 14.2 Å². The Kier molecular flexibility index (Phi) is 7.80. The van der Waals surface area contributed by atoms with Crippen molar-refractivity contribution in [2.45, 2.75) is 46.3 Å². The normalized spacial score (nSPS) is 12.6. The zero-order valence-corrected chi connectivity index (χ0v) is 20.4.